The molecule has 1 aromatic heterocycles. The first-order valence-electron chi connectivity index (χ1n) is 8.78. The Bertz CT molecular complexity index is 1030. The van der Waals surface area contributed by atoms with Crippen molar-refractivity contribution in [1.82, 2.24) is 10.3 Å². The van der Waals surface area contributed by atoms with E-state index in [2.05, 4.69) is 15.6 Å². The fraction of sp³-hybridized carbons (Fsp3) is 0.143. The Hall–Kier alpha value is -3.61. The highest BCUT2D eigenvalue weighted by atomic mass is 19.1. The van der Waals surface area contributed by atoms with Gasteiger partial charge in [-0.15, -0.1) is 0 Å². The van der Waals surface area contributed by atoms with E-state index >= 15 is 0 Å². The Balaban J connectivity index is 1.52. The predicted molar refractivity (Wildman–Crippen MR) is 102 cm³/mol. The van der Waals surface area contributed by atoms with E-state index in [0.29, 0.717) is 28.6 Å². The molecule has 3 aromatic rings. The van der Waals surface area contributed by atoms with Crippen molar-refractivity contribution in [2.75, 3.05) is 12.1 Å². The highest BCUT2D eigenvalue weighted by molar-refractivity contribution is 5.99. The summed E-state index contributed by atoms with van der Waals surface area (Å²) in [6, 6.07) is 14.6. The second kappa shape index (κ2) is 7.56. The van der Waals surface area contributed by atoms with Crippen LogP contribution in [0.25, 0.3) is 0 Å². The van der Waals surface area contributed by atoms with Crippen molar-refractivity contribution in [2.45, 2.75) is 13.0 Å². The zero-order valence-electron chi connectivity index (χ0n) is 15.1. The van der Waals surface area contributed by atoms with Crippen molar-refractivity contribution < 1.29 is 18.7 Å². The fourth-order valence-electron chi connectivity index (χ4n) is 2.93. The topological polar surface area (TPSA) is 72.5 Å². The van der Waals surface area contributed by atoms with Gasteiger partial charge in [-0.05, 0) is 55.0 Å². The molecular formula is C21H18FN3O3. The first kappa shape index (κ1) is 17.8. The van der Waals surface area contributed by atoms with Crippen LogP contribution >= 0.6 is 0 Å². The number of ether oxygens (including phenoxy) is 2. The van der Waals surface area contributed by atoms with Crippen LogP contribution in [0, 0.1) is 5.82 Å². The summed E-state index contributed by atoms with van der Waals surface area (Å²) in [4.78, 5) is 17.0. The van der Waals surface area contributed by atoms with Crippen molar-refractivity contribution in [2.24, 2.45) is 0 Å². The van der Waals surface area contributed by atoms with Crippen molar-refractivity contribution in [3.05, 3.63) is 77.7 Å². The number of hydrogen-bond acceptors (Lipinski definition) is 5. The molecule has 2 N–H and O–H groups in total. The molecule has 28 heavy (non-hydrogen) atoms. The first-order valence-corrected chi connectivity index (χ1v) is 8.78. The Morgan fingerprint density at radius 2 is 1.96 bits per heavy atom. The lowest BCUT2D eigenvalue weighted by Gasteiger charge is -2.16. The summed E-state index contributed by atoms with van der Waals surface area (Å²) in [7, 11) is 0. The molecule has 1 atom stereocenters. The van der Waals surface area contributed by atoms with E-state index in [4.69, 9.17) is 9.47 Å². The zero-order chi connectivity index (χ0) is 19.5. The number of anilines is 2. The number of carbonyl (C=O) groups excluding carboxylic acids is 1. The van der Waals surface area contributed by atoms with Crippen LogP contribution < -0.4 is 20.1 Å². The van der Waals surface area contributed by atoms with E-state index in [1.807, 2.05) is 25.1 Å². The van der Waals surface area contributed by atoms with E-state index in [1.54, 1.807) is 30.5 Å². The summed E-state index contributed by atoms with van der Waals surface area (Å²) >= 11 is 0. The minimum atomic E-state index is -0.372. The zero-order valence-corrected chi connectivity index (χ0v) is 15.1. The molecule has 0 saturated heterocycles. The summed E-state index contributed by atoms with van der Waals surface area (Å²) in [5, 5.41) is 5.94. The van der Waals surface area contributed by atoms with Gasteiger partial charge in [0.2, 0.25) is 6.79 Å². The molecule has 2 aromatic carbocycles. The van der Waals surface area contributed by atoms with Crippen molar-refractivity contribution in [3.8, 4) is 11.5 Å². The average Bonchev–Trinajstić information content (AvgIpc) is 3.16. The van der Waals surface area contributed by atoms with Crippen LogP contribution in [0.1, 0.15) is 28.9 Å². The molecule has 1 unspecified atom stereocenters. The Morgan fingerprint density at radius 3 is 2.82 bits per heavy atom. The minimum Gasteiger partial charge on any atom is -0.454 e. The Morgan fingerprint density at radius 1 is 1.11 bits per heavy atom. The summed E-state index contributed by atoms with van der Waals surface area (Å²) < 4.78 is 24.1. The third-order valence-corrected chi connectivity index (χ3v) is 4.38. The maximum absolute atomic E-state index is 13.4. The standard InChI is InChI=1S/C21H18FN3O3/c1-13(14-7-8-18-19(10-14)28-12-27-18)24-21(26)17-6-3-9-23-20(17)25-16-5-2-4-15(22)11-16/h2-11,13H,12H2,1H3,(H,23,25)(H,24,26). The highest BCUT2D eigenvalue weighted by Gasteiger charge is 2.19. The van der Waals surface area contributed by atoms with Gasteiger partial charge in [-0.1, -0.05) is 12.1 Å². The number of fused-ring (bicyclic) bond motifs is 1. The van der Waals surface area contributed by atoms with Gasteiger partial charge in [0.1, 0.15) is 11.6 Å². The molecule has 0 fully saturated rings. The lowest BCUT2D eigenvalue weighted by atomic mass is 10.1. The maximum atomic E-state index is 13.4. The number of benzene rings is 2. The van der Waals surface area contributed by atoms with Crippen LogP contribution in [0.15, 0.2) is 60.8 Å². The second-order valence-corrected chi connectivity index (χ2v) is 6.34. The molecule has 0 aliphatic carbocycles. The van der Waals surface area contributed by atoms with Crippen LogP contribution in [0.4, 0.5) is 15.9 Å². The van der Waals surface area contributed by atoms with Crippen molar-refractivity contribution >= 4 is 17.4 Å². The van der Waals surface area contributed by atoms with Crippen LogP contribution in [-0.4, -0.2) is 17.7 Å². The number of rotatable bonds is 5. The summed E-state index contributed by atoms with van der Waals surface area (Å²) in [6.07, 6.45) is 1.57. The van der Waals surface area contributed by atoms with Gasteiger partial charge in [0, 0.05) is 11.9 Å². The van der Waals surface area contributed by atoms with Crippen LogP contribution in [0.3, 0.4) is 0 Å². The van der Waals surface area contributed by atoms with E-state index in [1.165, 1.54) is 12.1 Å². The number of hydrogen-bond donors (Lipinski definition) is 2. The smallest absolute Gasteiger partial charge is 0.255 e. The van der Waals surface area contributed by atoms with E-state index < -0.39 is 0 Å². The van der Waals surface area contributed by atoms with Crippen LogP contribution in [-0.2, 0) is 0 Å². The molecule has 1 aliphatic rings. The van der Waals surface area contributed by atoms with E-state index in [0.717, 1.165) is 5.56 Å². The molecule has 1 amide bonds. The maximum Gasteiger partial charge on any atom is 0.255 e. The van der Waals surface area contributed by atoms with Gasteiger partial charge in [0.05, 0.1) is 11.6 Å². The third-order valence-electron chi connectivity index (χ3n) is 4.38. The monoisotopic (exact) mass is 379 g/mol. The fourth-order valence-corrected chi connectivity index (χ4v) is 2.93. The summed E-state index contributed by atoms with van der Waals surface area (Å²) in [5.41, 5.74) is 1.76. The number of carbonyl (C=O) groups is 1. The number of nitrogens with one attached hydrogen (secondary N) is 2. The molecule has 0 saturated carbocycles. The van der Waals surface area contributed by atoms with Gasteiger partial charge in [0.25, 0.3) is 5.91 Å². The van der Waals surface area contributed by atoms with E-state index in [9.17, 15) is 9.18 Å². The molecule has 1 aliphatic heterocycles. The Kier molecular flexibility index (Phi) is 4.80. The van der Waals surface area contributed by atoms with Crippen LogP contribution in [0.2, 0.25) is 0 Å². The van der Waals surface area contributed by atoms with Crippen molar-refractivity contribution in [1.29, 1.82) is 0 Å². The van der Waals surface area contributed by atoms with Crippen molar-refractivity contribution in [3.63, 3.8) is 0 Å². The molecule has 0 radical (unpaired) electrons. The van der Waals surface area contributed by atoms with Gasteiger partial charge in [-0.3, -0.25) is 4.79 Å². The van der Waals surface area contributed by atoms with Gasteiger partial charge in [0.15, 0.2) is 11.5 Å². The van der Waals surface area contributed by atoms with Crippen LogP contribution in [0.5, 0.6) is 11.5 Å². The largest absolute Gasteiger partial charge is 0.454 e. The summed E-state index contributed by atoms with van der Waals surface area (Å²) in [6.45, 7) is 2.08. The molecule has 7 heteroatoms. The van der Waals surface area contributed by atoms with Gasteiger partial charge >= 0.3 is 0 Å². The molecule has 4 rings (SSSR count). The lowest BCUT2D eigenvalue weighted by Crippen LogP contribution is -2.27. The number of aromatic nitrogens is 1. The molecular weight excluding hydrogens is 361 g/mol. The SMILES string of the molecule is CC(NC(=O)c1cccnc1Nc1cccc(F)c1)c1ccc2c(c1)OCO2. The highest BCUT2D eigenvalue weighted by Crippen LogP contribution is 2.34. The number of amides is 1. The van der Waals surface area contributed by atoms with Gasteiger partial charge in [-0.25, -0.2) is 9.37 Å². The quantitative estimate of drug-likeness (QED) is 0.696. The molecule has 0 bridgehead atoms. The predicted octanol–water partition coefficient (Wildman–Crippen LogP) is 4.18. The molecule has 2 heterocycles. The van der Waals surface area contributed by atoms with E-state index in [-0.39, 0.29) is 24.6 Å². The molecule has 6 nitrogen and oxygen atoms in total. The molecule has 0 spiro atoms. The second-order valence-electron chi connectivity index (χ2n) is 6.34. The normalized spacial score (nSPS) is 13.1. The Labute approximate surface area is 161 Å². The number of halogens is 1. The first-order chi connectivity index (χ1) is 13.6. The number of nitrogens with zero attached hydrogens (tertiary/aromatic N) is 1. The minimum absolute atomic E-state index is 0.199. The summed E-state index contributed by atoms with van der Waals surface area (Å²) in [5.74, 6) is 1.04. The van der Waals surface area contributed by atoms with Gasteiger partial charge in [-0.2, -0.15) is 0 Å². The lowest BCUT2D eigenvalue weighted by molar-refractivity contribution is 0.0940. The average molecular weight is 379 g/mol. The molecule has 142 valence electrons. The van der Waals surface area contributed by atoms with Gasteiger partial charge < -0.3 is 20.1 Å². The third kappa shape index (κ3) is 3.73. The number of pyridine rings is 1.